The van der Waals surface area contributed by atoms with E-state index in [0.717, 1.165) is 0 Å². The van der Waals surface area contributed by atoms with Crippen LogP contribution in [-0.2, 0) is 24.8 Å². The van der Waals surface area contributed by atoms with Crippen molar-refractivity contribution in [2.45, 2.75) is 19.4 Å². The lowest BCUT2D eigenvalue weighted by atomic mass is 10.1. The molecule has 4 aromatic rings. The SMILES string of the molecule is Cn1ncc2c(=O)n(CCC(=O)Cc3ccc(F)cc3)c3cc(F)ccc3c21. The molecule has 0 radical (unpaired) electrons. The number of ketones is 1. The Hall–Kier alpha value is -3.35. The first kappa shape index (κ1) is 18.0. The summed E-state index contributed by atoms with van der Waals surface area (Å²) in [6, 6.07) is 9.99. The van der Waals surface area contributed by atoms with Crippen molar-refractivity contribution in [2.24, 2.45) is 7.05 Å². The van der Waals surface area contributed by atoms with Crippen molar-refractivity contribution in [3.8, 4) is 0 Å². The van der Waals surface area contributed by atoms with Gasteiger partial charge in [-0.2, -0.15) is 5.10 Å². The first-order valence-electron chi connectivity index (χ1n) is 8.84. The molecule has 4 rings (SSSR count). The summed E-state index contributed by atoms with van der Waals surface area (Å²) in [4.78, 5) is 25.3. The van der Waals surface area contributed by atoms with Gasteiger partial charge in [-0.1, -0.05) is 12.1 Å². The second-order valence-electron chi connectivity index (χ2n) is 6.74. The van der Waals surface area contributed by atoms with Gasteiger partial charge in [-0.3, -0.25) is 14.3 Å². The van der Waals surface area contributed by atoms with Gasteiger partial charge in [0.1, 0.15) is 17.4 Å². The molecule has 5 nitrogen and oxygen atoms in total. The van der Waals surface area contributed by atoms with E-state index in [1.54, 1.807) is 29.9 Å². The van der Waals surface area contributed by atoms with Crippen LogP contribution in [0.4, 0.5) is 8.78 Å². The molecule has 0 saturated carbocycles. The highest BCUT2D eigenvalue weighted by Gasteiger charge is 2.15. The Morgan fingerprint density at radius 1 is 1.04 bits per heavy atom. The van der Waals surface area contributed by atoms with Gasteiger partial charge in [0, 0.05) is 31.8 Å². The largest absolute Gasteiger partial charge is 0.307 e. The summed E-state index contributed by atoms with van der Waals surface area (Å²) < 4.78 is 29.9. The molecule has 7 heteroatoms. The Balaban J connectivity index is 1.68. The van der Waals surface area contributed by atoms with Gasteiger partial charge >= 0.3 is 0 Å². The summed E-state index contributed by atoms with van der Waals surface area (Å²) in [6.07, 6.45) is 1.74. The predicted molar refractivity (Wildman–Crippen MR) is 102 cm³/mol. The van der Waals surface area contributed by atoms with Gasteiger partial charge in [-0.05, 0) is 35.9 Å². The van der Waals surface area contributed by atoms with Crippen molar-refractivity contribution < 1.29 is 13.6 Å². The molecular weight excluding hydrogens is 364 g/mol. The number of carbonyl (C=O) groups is 1. The van der Waals surface area contributed by atoms with E-state index < -0.39 is 5.82 Å². The number of benzene rings is 2. The lowest BCUT2D eigenvalue weighted by Gasteiger charge is -2.12. The lowest BCUT2D eigenvalue weighted by molar-refractivity contribution is -0.118. The number of hydrogen-bond acceptors (Lipinski definition) is 3. The van der Waals surface area contributed by atoms with Crippen LogP contribution in [0.25, 0.3) is 21.8 Å². The minimum Gasteiger partial charge on any atom is -0.307 e. The highest BCUT2D eigenvalue weighted by molar-refractivity contribution is 6.03. The molecule has 0 atom stereocenters. The van der Waals surface area contributed by atoms with E-state index in [2.05, 4.69) is 5.10 Å². The summed E-state index contributed by atoms with van der Waals surface area (Å²) in [6.45, 7) is 0.129. The summed E-state index contributed by atoms with van der Waals surface area (Å²) >= 11 is 0. The van der Waals surface area contributed by atoms with E-state index in [0.29, 0.717) is 27.4 Å². The molecule has 0 bridgehead atoms. The molecule has 2 heterocycles. The quantitative estimate of drug-likeness (QED) is 0.533. The third-order valence-corrected chi connectivity index (χ3v) is 4.85. The van der Waals surface area contributed by atoms with Crippen molar-refractivity contribution in [2.75, 3.05) is 0 Å². The van der Waals surface area contributed by atoms with E-state index in [-0.39, 0.29) is 36.5 Å². The van der Waals surface area contributed by atoms with E-state index in [1.807, 2.05) is 0 Å². The van der Waals surface area contributed by atoms with E-state index >= 15 is 0 Å². The first-order chi connectivity index (χ1) is 13.4. The van der Waals surface area contributed by atoms with Gasteiger partial charge in [0.25, 0.3) is 5.56 Å². The van der Waals surface area contributed by atoms with Crippen LogP contribution in [0.5, 0.6) is 0 Å². The van der Waals surface area contributed by atoms with Crippen molar-refractivity contribution >= 4 is 27.6 Å². The standard InChI is InChI=1S/C21H17F2N3O2/c1-25-20-17-7-6-15(23)11-19(17)26(21(28)18(20)12-24-25)9-8-16(27)10-13-2-4-14(22)5-3-13/h2-7,11-12H,8-10H2,1H3. The van der Waals surface area contributed by atoms with Crippen molar-refractivity contribution in [1.29, 1.82) is 0 Å². The molecule has 0 aliphatic carbocycles. The fourth-order valence-electron chi connectivity index (χ4n) is 3.47. The Kier molecular flexibility index (Phi) is 4.50. The average molecular weight is 381 g/mol. The van der Waals surface area contributed by atoms with Crippen LogP contribution >= 0.6 is 0 Å². The van der Waals surface area contributed by atoms with Crippen molar-refractivity contribution in [1.82, 2.24) is 14.3 Å². The van der Waals surface area contributed by atoms with Crippen LogP contribution in [0.2, 0.25) is 0 Å². The zero-order chi connectivity index (χ0) is 19.8. The van der Waals surface area contributed by atoms with E-state index in [1.165, 1.54) is 35.0 Å². The van der Waals surface area contributed by atoms with Gasteiger partial charge < -0.3 is 4.57 Å². The number of carbonyl (C=O) groups excluding carboxylic acids is 1. The third kappa shape index (κ3) is 3.19. The molecule has 0 unspecified atom stereocenters. The monoisotopic (exact) mass is 381 g/mol. The molecule has 2 aromatic carbocycles. The molecule has 142 valence electrons. The minimum atomic E-state index is -0.459. The molecule has 0 spiro atoms. The number of pyridine rings is 1. The number of halogens is 2. The number of nitrogens with zero attached hydrogens (tertiary/aromatic N) is 3. The van der Waals surface area contributed by atoms with E-state index in [9.17, 15) is 18.4 Å². The van der Waals surface area contributed by atoms with Gasteiger partial charge in [-0.15, -0.1) is 0 Å². The number of aromatic nitrogens is 3. The average Bonchev–Trinajstić information content (AvgIpc) is 3.05. The molecule has 28 heavy (non-hydrogen) atoms. The normalized spacial score (nSPS) is 11.4. The Bertz CT molecular complexity index is 1260. The first-order valence-corrected chi connectivity index (χ1v) is 8.84. The maximum Gasteiger partial charge on any atom is 0.262 e. The molecule has 0 saturated heterocycles. The number of Topliss-reactive ketones (excluding diaryl/α,β-unsaturated/α-hetero) is 1. The van der Waals surface area contributed by atoms with Crippen LogP contribution in [0.1, 0.15) is 12.0 Å². The third-order valence-electron chi connectivity index (χ3n) is 4.85. The van der Waals surface area contributed by atoms with Crippen LogP contribution in [0, 0.1) is 11.6 Å². The number of fused-ring (bicyclic) bond motifs is 3. The Morgan fingerprint density at radius 2 is 1.75 bits per heavy atom. The van der Waals surface area contributed by atoms with E-state index in [4.69, 9.17) is 0 Å². The second-order valence-corrected chi connectivity index (χ2v) is 6.74. The highest BCUT2D eigenvalue weighted by Crippen LogP contribution is 2.23. The molecule has 2 aromatic heterocycles. The number of rotatable bonds is 5. The fourth-order valence-corrected chi connectivity index (χ4v) is 3.47. The minimum absolute atomic E-state index is 0.0886. The fraction of sp³-hybridized carbons (Fsp3) is 0.190. The van der Waals surface area contributed by atoms with Crippen LogP contribution in [-0.4, -0.2) is 20.1 Å². The summed E-state index contributed by atoms with van der Waals surface area (Å²) in [7, 11) is 1.72. The van der Waals surface area contributed by atoms with Crippen LogP contribution in [0.15, 0.2) is 53.5 Å². The van der Waals surface area contributed by atoms with Gasteiger partial charge in [-0.25, -0.2) is 8.78 Å². The predicted octanol–water partition coefficient (Wildman–Crippen LogP) is 3.37. The molecule has 0 amide bonds. The smallest absolute Gasteiger partial charge is 0.262 e. The van der Waals surface area contributed by atoms with Crippen molar-refractivity contribution in [3.05, 3.63) is 76.2 Å². The highest BCUT2D eigenvalue weighted by atomic mass is 19.1. The maximum atomic E-state index is 13.9. The molecule has 0 aliphatic rings. The van der Waals surface area contributed by atoms with Crippen LogP contribution < -0.4 is 5.56 Å². The zero-order valence-electron chi connectivity index (χ0n) is 15.2. The summed E-state index contributed by atoms with van der Waals surface area (Å²) in [5.74, 6) is -0.907. The molecular formula is C21H17F2N3O2. The van der Waals surface area contributed by atoms with Gasteiger partial charge in [0.2, 0.25) is 0 Å². The second kappa shape index (κ2) is 6.99. The van der Waals surface area contributed by atoms with Crippen molar-refractivity contribution in [3.63, 3.8) is 0 Å². The topological polar surface area (TPSA) is 56.9 Å². The Morgan fingerprint density at radius 3 is 2.50 bits per heavy atom. The Labute approximate surface area is 158 Å². The molecule has 0 aliphatic heterocycles. The van der Waals surface area contributed by atoms with Crippen LogP contribution in [0.3, 0.4) is 0 Å². The summed E-state index contributed by atoms with van der Waals surface area (Å²) in [5, 5.41) is 5.26. The number of hydrogen-bond donors (Lipinski definition) is 0. The molecule has 0 fully saturated rings. The zero-order valence-corrected chi connectivity index (χ0v) is 15.2. The number of aryl methyl sites for hydroxylation is 2. The van der Waals surface area contributed by atoms with Gasteiger partial charge in [0.05, 0.1) is 22.6 Å². The molecule has 0 N–H and O–H groups in total. The summed E-state index contributed by atoms with van der Waals surface area (Å²) in [5.41, 5.74) is 1.46. The van der Waals surface area contributed by atoms with Gasteiger partial charge in [0.15, 0.2) is 0 Å². The maximum absolute atomic E-state index is 13.9. The lowest BCUT2D eigenvalue weighted by Crippen LogP contribution is -2.22.